The van der Waals surface area contributed by atoms with Gasteiger partial charge >= 0.3 is 0 Å². The van der Waals surface area contributed by atoms with Crippen LogP contribution in [0.5, 0.6) is 17.2 Å². The van der Waals surface area contributed by atoms with Gasteiger partial charge in [-0.3, -0.25) is 9.59 Å². The standard InChI is InChI=1S/C24H27NO5S/c1-12-9-15(12)24(28)25-17-7-5-13-10-19(29-2)23(30-3)22(27)21(13)14-6-8-20(31-4)18(26)11-16(14)17/h6,8,10-12,15,17,27H,5,7,9H2,1-4H3,(H,25,28)/t12?,15?,17-/m0/s1. The molecule has 0 aliphatic heterocycles. The zero-order valence-electron chi connectivity index (χ0n) is 18.2. The summed E-state index contributed by atoms with van der Waals surface area (Å²) < 4.78 is 10.8. The Balaban J connectivity index is 1.92. The van der Waals surface area contributed by atoms with Crippen molar-refractivity contribution < 1.29 is 19.4 Å². The number of nitrogens with one attached hydrogen (secondary N) is 1. The molecule has 6 nitrogen and oxygen atoms in total. The van der Waals surface area contributed by atoms with Crippen molar-refractivity contribution in [3.05, 3.63) is 45.6 Å². The Morgan fingerprint density at radius 2 is 1.97 bits per heavy atom. The van der Waals surface area contributed by atoms with Crippen LogP contribution in [0.25, 0.3) is 11.1 Å². The van der Waals surface area contributed by atoms with Crippen molar-refractivity contribution in [1.82, 2.24) is 5.32 Å². The average Bonchev–Trinajstić information content (AvgIpc) is 3.53. The molecule has 7 heteroatoms. The van der Waals surface area contributed by atoms with Gasteiger partial charge in [-0.1, -0.05) is 13.0 Å². The van der Waals surface area contributed by atoms with Crippen molar-refractivity contribution in [3.63, 3.8) is 0 Å². The second kappa shape index (κ2) is 8.46. The minimum absolute atomic E-state index is 0.0229. The highest BCUT2D eigenvalue weighted by atomic mass is 32.2. The number of phenolic OH excluding ortho intramolecular Hbond substituents is 1. The largest absolute Gasteiger partial charge is 0.504 e. The van der Waals surface area contributed by atoms with Crippen LogP contribution in [0.1, 0.15) is 36.9 Å². The highest BCUT2D eigenvalue weighted by Crippen LogP contribution is 2.50. The lowest BCUT2D eigenvalue weighted by Gasteiger charge is -2.19. The topological polar surface area (TPSA) is 84.9 Å². The molecule has 0 heterocycles. The Kier molecular flexibility index (Phi) is 5.88. The maximum absolute atomic E-state index is 12.8. The average molecular weight is 442 g/mol. The van der Waals surface area contributed by atoms with Crippen molar-refractivity contribution in [2.24, 2.45) is 11.8 Å². The van der Waals surface area contributed by atoms with Crippen LogP contribution in [-0.4, -0.2) is 31.5 Å². The number of benzene rings is 1. The summed E-state index contributed by atoms with van der Waals surface area (Å²) >= 11 is 1.38. The second-order valence-corrected chi connectivity index (χ2v) is 9.04. The molecule has 4 rings (SSSR count). The van der Waals surface area contributed by atoms with Crippen LogP contribution in [0, 0.1) is 11.8 Å². The molecule has 1 fully saturated rings. The zero-order valence-corrected chi connectivity index (χ0v) is 19.0. The summed E-state index contributed by atoms with van der Waals surface area (Å²) in [6, 6.07) is 6.78. The molecular weight excluding hydrogens is 414 g/mol. The molecule has 2 aliphatic rings. The Hall–Kier alpha value is -2.67. The van der Waals surface area contributed by atoms with E-state index in [1.807, 2.05) is 18.4 Å². The van der Waals surface area contributed by atoms with Crippen molar-refractivity contribution in [1.29, 1.82) is 0 Å². The fourth-order valence-corrected chi connectivity index (χ4v) is 4.87. The van der Waals surface area contributed by atoms with Gasteiger partial charge in [0.05, 0.1) is 25.2 Å². The maximum Gasteiger partial charge on any atom is 0.223 e. The number of phenols is 1. The summed E-state index contributed by atoms with van der Waals surface area (Å²) in [5, 5.41) is 14.3. The van der Waals surface area contributed by atoms with Gasteiger partial charge in [-0.2, -0.15) is 0 Å². The van der Waals surface area contributed by atoms with Gasteiger partial charge in [0.15, 0.2) is 16.9 Å². The lowest BCUT2D eigenvalue weighted by molar-refractivity contribution is -0.123. The molecule has 2 aromatic carbocycles. The van der Waals surface area contributed by atoms with E-state index in [1.54, 1.807) is 12.1 Å². The molecule has 2 unspecified atom stereocenters. The van der Waals surface area contributed by atoms with E-state index in [0.29, 0.717) is 40.5 Å². The molecule has 1 amide bonds. The molecule has 0 bridgehead atoms. The molecular formula is C24H27NO5S. The first-order valence-electron chi connectivity index (χ1n) is 10.4. The zero-order chi connectivity index (χ0) is 22.3. The number of rotatable bonds is 5. The molecule has 3 atom stereocenters. The third-order valence-electron chi connectivity index (χ3n) is 6.30. The first-order valence-corrected chi connectivity index (χ1v) is 11.6. The number of hydrogen-bond acceptors (Lipinski definition) is 6. The molecule has 1 saturated carbocycles. The van der Waals surface area contributed by atoms with Crippen molar-refractivity contribution in [3.8, 4) is 28.4 Å². The molecule has 0 aromatic heterocycles. The van der Waals surface area contributed by atoms with E-state index in [4.69, 9.17) is 9.47 Å². The molecule has 31 heavy (non-hydrogen) atoms. The third-order valence-corrected chi connectivity index (χ3v) is 7.07. The highest BCUT2D eigenvalue weighted by molar-refractivity contribution is 7.98. The Morgan fingerprint density at radius 3 is 2.58 bits per heavy atom. The third kappa shape index (κ3) is 3.87. The van der Waals surface area contributed by atoms with Gasteiger partial charge < -0.3 is 19.9 Å². The Morgan fingerprint density at radius 1 is 1.23 bits per heavy atom. The highest BCUT2D eigenvalue weighted by Gasteiger charge is 2.40. The van der Waals surface area contributed by atoms with Gasteiger partial charge in [0.1, 0.15) is 0 Å². The number of methoxy groups -OCH3 is 2. The number of amides is 1. The van der Waals surface area contributed by atoms with Crippen molar-refractivity contribution in [2.45, 2.75) is 37.1 Å². The van der Waals surface area contributed by atoms with Crippen LogP contribution in [0.4, 0.5) is 0 Å². The van der Waals surface area contributed by atoms with Crippen LogP contribution >= 0.6 is 11.8 Å². The summed E-state index contributed by atoms with van der Waals surface area (Å²) in [4.78, 5) is 26.2. The minimum Gasteiger partial charge on any atom is -0.504 e. The van der Waals surface area contributed by atoms with E-state index < -0.39 is 0 Å². The van der Waals surface area contributed by atoms with Gasteiger partial charge in [0, 0.05) is 11.5 Å². The summed E-state index contributed by atoms with van der Waals surface area (Å²) in [7, 11) is 3.01. The number of carbonyl (C=O) groups excluding carboxylic acids is 1. The smallest absolute Gasteiger partial charge is 0.223 e. The van der Waals surface area contributed by atoms with Crippen LogP contribution < -0.4 is 20.2 Å². The number of aromatic hydroxyl groups is 1. The lowest BCUT2D eigenvalue weighted by atomic mass is 9.95. The van der Waals surface area contributed by atoms with Gasteiger partial charge in [-0.15, -0.1) is 11.8 Å². The first-order chi connectivity index (χ1) is 14.9. The van der Waals surface area contributed by atoms with Crippen LogP contribution in [0.3, 0.4) is 0 Å². The number of fused-ring (bicyclic) bond motifs is 3. The number of hydrogen-bond donors (Lipinski definition) is 2. The van der Waals surface area contributed by atoms with Crippen LogP contribution in [0.2, 0.25) is 0 Å². The van der Waals surface area contributed by atoms with Crippen molar-refractivity contribution >= 4 is 17.7 Å². The van der Waals surface area contributed by atoms with E-state index in [0.717, 1.165) is 17.5 Å². The minimum atomic E-state index is -0.325. The van der Waals surface area contributed by atoms with Gasteiger partial charge in [-0.25, -0.2) is 0 Å². The van der Waals surface area contributed by atoms with E-state index in [-0.39, 0.29) is 34.8 Å². The second-order valence-electron chi connectivity index (χ2n) is 8.19. The van der Waals surface area contributed by atoms with Crippen molar-refractivity contribution in [2.75, 3.05) is 20.5 Å². The quantitative estimate of drug-likeness (QED) is 0.684. The molecule has 0 saturated heterocycles. The first kappa shape index (κ1) is 21.6. The van der Waals surface area contributed by atoms with Gasteiger partial charge in [0.25, 0.3) is 0 Å². The van der Waals surface area contributed by atoms with E-state index >= 15 is 0 Å². The fourth-order valence-electron chi connectivity index (χ4n) is 4.41. The normalized spacial score (nSPS) is 21.4. The summed E-state index contributed by atoms with van der Waals surface area (Å²) in [5.41, 5.74) is 2.84. The predicted molar refractivity (Wildman–Crippen MR) is 121 cm³/mol. The SMILES string of the molecule is COc1cc2c(c(O)c1OC)-c1ccc(SC)c(=O)cc1[C@@H](NC(=O)C1CC1C)CC2. The van der Waals surface area contributed by atoms with E-state index in [2.05, 4.69) is 12.2 Å². The van der Waals surface area contributed by atoms with Gasteiger partial charge in [0.2, 0.25) is 11.7 Å². The number of aryl methyl sites for hydroxylation is 1. The molecule has 164 valence electrons. The number of thioether (sulfide) groups is 1. The maximum atomic E-state index is 12.8. The summed E-state index contributed by atoms with van der Waals surface area (Å²) in [6.45, 7) is 2.07. The van der Waals surface area contributed by atoms with Gasteiger partial charge in [-0.05, 0) is 66.3 Å². The molecule has 0 radical (unpaired) electrons. The fraction of sp³-hybridized carbons (Fsp3) is 0.417. The van der Waals surface area contributed by atoms with E-state index in [9.17, 15) is 14.7 Å². The lowest BCUT2D eigenvalue weighted by Crippen LogP contribution is -2.30. The van der Waals surface area contributed by atoms with Crippen LogP contribution in [-0.2, 0) is 11.2 Å². The number of carbonyl (C=O) groups is 1. The Labute approximate surface area is 186 Å². The molecule has 2 N–H and O–H groups in total. The summed E-state index contributed by atoms with van der Waals surface area (Å²) in [6.07, 6.45) is 3.97. The molecule has 2 aromatic rings. The van der Waals surface area contributed by atoms with E-state index in [1.165, 1.54) is 26.0 Å². The summed E-state index contributed by atoms with van der Waals surface area (Å²) in [5.74, 6) is 1.13. The predicted octanol–water partition coefficient (Wildman–Crippen LogP) is 3.92. The molecule has 0 spiro atoms. The van der Waals surface area contributed by atoms with Crippen LogP contribution in [0.15, 0.2) is 34.0 Å². The molecule has 2 aliphatic carbocycles. The number of ether oxygens (including phenoxy) is 2. The monoisotopic (exact) mass is 441 g/mol. The Bertz CT molecular complexity index is 1100.